The molecule has 0 radical (unpaired) electrons. The molecule has 1 aliphatic carbocycles. The van der Waals surface area contributed by atoms with Gasteiger partial charge in [-0.2, -0.15) is 8.78 Å². The minimum Gasteiger partial charge on any atom is -0.435 e. The maximum Gasteiger partial charge on any atom is 0.387 e. The molecule has 5 nitrogen and oxygen atoms in total. The van der Waals surface area contributed by atoms with Gasteiger partial charge in [-0.3, -0.25) is 9.56 Å². The standard InChI is InChI=1S/C21H17F3N4O/c22-14-3-8-18-17(11-14)26-20(13-1-2-13)28(18)19-12-25-9-10-27(19)15-4-6-16(7-5-15)29-21(23)24/h3-9,11-13,21H,1-2,10H2. The molecule has 0 unspecified atom stereocenters. The molecular formula is C21H17F3N4O. The Bertz CT molecular complexity index is 1120. The third-order valence-corrected chi connectivity index (χ3v) is 5.02. The zero-order chi connectivity index (χ0) is 20.0. The molecule has 148 valence electrons. The molecule has 5 rings (SSSR count). The van der Waals surface area contributed by atoms with Crippen molar-refractivity contribution in [3.63, 3.8) is 0 Å². The fourth-order valence-electron chi connectivity index (χ4n) is 3.56. The Morgan fingerprint density at radius 3 is 2.59 bits per heavy atom. The van der Waals surface area contributed by atoms with Crippen LogP contribution in [0.1, 0.15) is 24.6 Å². The largest absolute Gasteiger partial charge is 0.435 e. The predicted octanol–water partition coefficient (Wildman–Crippen LogP) is 5.00. The lowest BCUT2D eigenvalue weighted by molar-refractivity contribution is -0.0498. The first kappa shape index (κ1) is 17.8. The van der Waals surface area contributed by atoms with E-state index in [1.165, 1.54) is 24.3 Å². The number of imidazole rings is 1. The first-order valence-electron chi connectivity index (χ1n) is 9.32. The van der Waals surface area contributed by atoms with Crippen molar-refractivity contribution >= 4 is 28.8 Å². The third kappa shape index (κ3) is 3.35. The molecule has 8 heteroatoms. The molecule has 0 saturated heterocycles. The van der Waals surface area contributed by atoms with Crippen LogP contribution in [0, 0.1) is 5.82 Å². The van der Waals surface area contributed by atoms with Gasteiger partial charge < -0.3 is 9.64 Å². The summed E-state index contributed by atoms with van der Waals surface area (Å²) in [5, 5.41) is 0. The smallest absolute Gasteiger partial charge is 0.387 e. The van der Waals surface area contributed by atoms with E-state index in [0.29, 0.717) is 18.0 Å². The van der Waals surface area contributed by atoms with Crippen LogP contribution in [0.2, 0.25) is 0 Å². The summed E-state index contributed by atoms with van der Waals surface area (Å²) in [5.41, 5.74) is 2.21. The van der Waals surface area contributed by atoms with Crippen LogP contribution in [0.25, 0.3) is 16.9 Å². The van der Waals surface area contributed by atoms with Gasteiger partial charge in [0, 0.05) is 23.9 Å². The van der Waals surface area contributed by atoms with Gasteiger partial charge in [-0.15, -0.1) is 0 Å². The van der Waals surface area contributed by atoms with Crippen LogP contribution < -0.4 is 9.64 Å². The van der Waals surface area contributed by atoms with Gasteiger partial charge in [0.25, 0.3) is 0 Å². The summed E-state index contributed by atoms with van der Waals surface area (Å²) >= 11 is 0. The van der Waals surface area contributed by atoms with Crippen LogP contribution in [0.4, 0.5) is 18.9 Å². The number of ether oxygens (including phenoxy) is 1. The molecular weight excluding hydrogens is 381 g/mol. The second-order valence-electron chi connectivity index (χ2n) is 7.01. The SMILES string of the molecule is Fc1ccc2c(c1)nc(C1CC1)n2C1=CN=CCN1c1ccc(OC(F)F)cc1. The van der Waals surface area contributed by atoms with Gasteiger partial charge in [0.2, 0.25) is 0 Å². The Kier molecular flexibility index (Phi) is 4.26. The molecule has 29 heavy (non-hydrogen) atoms. The zero-order valence-electron chi connectivity index (χ0n) is 15.3. The van der Waals surface area contributed by atoms with E-state index in [1.807, 2.05) is 9.47 Å². The van der Waals surface area contributed by atoms with Crippen LogP contribution >= 0.6 is 0 Å². The summed E-state index contributed by atoms with van der Waals surface area (Å²) in [6.45, 7) is -2.36. The highest BCUT2D eigenvalue weighted by molar-refractivity contribution is 5.87. The molecule has 0 atom stereocenters. The van der Waals surface area contributed by atoms with E-state index in [-0.39, 0.29) is 11.6 Å². The Hall–Kier alpha value is -3.29. The van der Waals surface area contributed by atoms with Crippen LogP contribution in [0.15, 0.2) is 53.7 Å². The third-order valence-electron chi connectivity index (χ3n) is 5.02. The topological polar surface area (TPSA) is 42.7 Å². The molecule has 2 aromatic carbocycles. The van der Waals surface area contributed by atoms with Crippen molar-refractivity contribution in [2.45, 2.75) is 25.4 Å². The minimum absolute atomic E-state index is 0.0992. The molecule has 1 saturated carbocycles. The molecule has 0 spiro atoms. The second-order valence-corrected chi connectivity index (χ2v) is 7.01. The number of halogens is 3. The van der Waals surface area contributed by atoms with Crippen LogP contribution in [0.3, 0.4) is 0 Å². The molecule has 0 N–H and O–H groups in total. The lowest BCUT2D eigenvalue weighted by Crippen LogP contribution is -2.29. The van der Waals surface area contributed by atoms with Crippen molar-refractivity contribution in [1.82, 2.24) is 9.55 Å². The first-order valence-corrected chi connectivity index (χ1v) is 9.32. The number of aliphatic imine (C=N–C) groups is 1. The lowest BCUT2D eigenvalue weighted by atomic mass is 10.2. The van der Waals surface area contributed by atoms with E-state index < -0.39 is 6.61 Å². The van der Waals surface area contributed by atoms with E-state index >= 15 is 0 Å². The van der Waals surface area contributed by atoms with E-state index in [4.69, 9.17) is 0 Å². The normalized spacial score (nSPS) is 16.6. The number of anilines is 1. The van der Waals surface area contributed by atoms with Gasteiger partial charge >= 0.3 is 6.61 Å². The van der Waals surface area contributed by atoms with Crippen LogP contribution in [-0.2, 0) is 0 Å². The minimum atomic E-state index is -2.86. The summed E-state index contributed by atoms with van der Waals surface area (Å²) in [5.74, 6) is 1.78. The first-order chi connectivity index (χ1) is 14.1. The molecule has 3 aromatic rings. The number of nitrogens with zero attached hydrogens (tertiary/aromatic N) is 4. The van der Waals surface area contributed by atoms with Gasteiger partial charge in [0.05, 0.1) is 23.8 Å². The highest BCUT2D eigenvalue weighted by Gasteiger charge is 2.32. The molecule has 1 aromatic heterocycles. The fraction of sp³-hybridized carbons (Fsp3) is 0.238. The second kappa shape index (κ2) is 6.95. The molecule has 2 heterocycles. The predicted molar refractivity (Wildman–Crippen MR) is 105 cm³/mol. The molecule has 1 aliphatic heterocycles. The number of hydrogen-bond acceptors (Lipinski definition) is 4. The number of benzene rings is 2. The average molecular weight is 398 g/mol. The van der Waals surface area contributed by atoms with Crippen molar-refractivity contribution in [3.05, 3.63) is 60.3 Å². The molecule has 0 bridgehead atoms. The molecule has 2 aliphatic rings. The fourth-order valence-corrected chi connectivity index (χ4v) is 3.56. The average Bonchev–Trinajstić information content (AvgIpc) is 3.49. The Morgan fingerprint density at radius 2 is 1.86 bits per heavy atom. The van der Waals surface area contributed by atoms with Gasteiger partial charge in [0.1, 0.15) is 23.2 Å². The highest BCUT2D eigenvalue weighted by atomic mass is 19.3. The van der Waals surface area contributed by atoms with Crippen molar-refractivity contribution < 1.29 is 17.9 Å². The quantitative estimate of drug-likeness (QED) is 0.607. The van der Waals surface area contributed by atoms with Crippen LogP contribution in [0.5, 0.6) is 5.75 Å². The van der Waals surface area contributed by atoms with Crippen molar-refractivity contribution in [2.75, 3.05) is 11.4 Å². The van der Waals surface area contributed by atoms with Crippen molar-refractivity contribution in [1.29, 1.82) is 0 Å². The van der Waals surface area contributed by atoms with E-state index in [0.717, 1.165) is 35.7 Å². The lowest BCUT2D eigenvalue weighted by Gasteiger charge is -2.29. The summed E-state index contributed by atoms with van der Waals surface area (Å²) in [7, 11) is 0. The number of alkyl halides is 2. The van der Waals surface area contributed by atoms with E-state index in [1.54, 1.807) is 30.6 Å². The van der Waals surface area contributed by atoms with E-state index in [9.17, 15) is 13.2 Å². The number of aromatic nitrogens is 2. The number of rotatable bonds is 5. The monoisotopic (exact) mass is 398 g/mol. The Labute approximate surface area is 164 Å². The summed E-state index contributed by atoms with van der Waals surface area (Å²) in [6.07, 6.45) is 5.59. The van der Waals surface area contributed by atoms with Gasteiger partial charge in [-0.1, -0.05) is 0 Å². The molecule has 0 amide bonds. The van der Waals surface area contributed by atoms with Crippen LogP contribution in [-0.4, -0.2) is 28.9 Å². The van der Waals surface area contributed by atoms with Gasteiger partial charge in [-0.25, -0.2) is 9.37 Å². The summed E-state index contributed by atoms with van der Waals surface area (Å²) < 4.78 is 45.1. The van der Waals surface area contributed by atoms with Gasteiger partial charge in [-0.05, 0) is 49.2 Å². The van der Waals surface area contributed by atoms with E-state index in [2.05, 4.69) is 14.7 Å². The Balaban J connectivity index is 1.58. The van der Waals surface area contributed by atoms with Gasteiger partial charge in [0.15, 0.2) is 0 Å². The number of fused-ring (bicyclic) bond motifs is 1. The summed E-state index contributed by atoms with van der Waals surface area (Å²) in [4.78, 5) is 11.0. The summed E-state index contributed by atoms with van der Waals surface area (Å²) in [6, 6.07) is 11.0. The Morgan fingerprint density at radius 1 is 1.07 bits per heavy atom. The number of hydrogen-bond donors (Lipinski definition) is 0. The molecule has 1 fully saturated rings. The maximum absolute atomic E-state index is 13.7. The zero-order valence-corrected chi connectivity index (χ0v) is 15.3. The van der Waals surface area contributed by atoms with Crippen molar-refractivity contribution in [3.8, 4) is 5.75 Å². The maximum atomic E-state index is 13.7. The highest BCUT2D eigenvalue weighted by Crippen LogP contribution is 2.42. The van der Waals surface area contributed by atoms with Crippen molar-refractivity contribution in [2.24, 2.45) is 4.99 Å².